The minimum Gasteiger partial charge on any atom is -0.356 e. The molecule has 0 saturated carbocycles. The van der Waals surface area contributed by atoms with Gasteiger partial charge in [0.1, 0.15) is 6.04 Å². The highest BCUT2D eigenvalue weighted by Gasteiger charge is 2.39. The van der Waals surface area contributed by atoms with E-state index in [2.05, 4.69) is 15.6 Å². The number of benzene rings is 2. The zero-order chi connectivity index (χ0) is 20.9. The Hall–Kier alpha value is -3.74. The SMILES string of the molecule is O=C(CC[C@H]1NC(=O)N(c2cccc3ccccc23)C1=O)NCCc1ccccn1. The van der Waals surface area contributed by atoms with Crippen LogP contribution in [0.25, 0.3) is 10.8 Å². The molecule has 4 rings (SSSR count). The highest BCUT2D eigenvalue weighted by molar-refractivity contribution is 6.24. The Morgan fingerprint density at radius 2 is 1.83 bits per heavy atom. The number of pyridine rings is 1. The number of hydrogen-bond donors (Lipinski definition) is 2. The van der Waals surface area contributed by atoms with Crippen LogP contribution in [-0.4, -0.2) is 35.4 Å². The third-order valence-electron chi connectivity index (χ3n) is 5.12. The van der Waals surface area contributed by atoms with Crippen LogP contribution in [0.5, 0.6) is 0 Å². The molecular formula is C23H22N4O3. The molecule has 4 amide bonds. The van der Waals surface area contributed by atoms with Crippen molar-refractivity contribution < 1.29 is 14.4 Å². The molecule has 1 aliphatic heterocycles. The van der Waals surface area contributed by atoms with Crippen LogP contribution < -0.4 is 15.5 Å². The number of amides is 4. The maximum Gasteiger partial charge on any atom is 0.329 e. The highest BCUT2D eigenvalue weighted by atomic mass is 16.2. The van der Waals surface area contributed by atoms with Crippen molar-refractivity contribution in [1.82, 2.24) is 15.6 Å². The molecule has 152 valence electrons. The number of imide groups is 1. The van der Waals surface area contributed by atoms with Crippen molar-refractivity contribution in [3.05, 3.63) is 72.6 Å². The number of nitrogens with one attached hydrogen (secondary N) is 2. The van der Waals surface area contributed by atoms with E-state index >= 15 is 0 Å². The molecule has 0 radical (unpaired) electrons. The number of rotatable bonds is 7. The second-order valence-electron chi connectivity index (χ2n) is 7.13. The molecule has 2 aromatic carbocycles. The summed E-state index contributed by atoms with van der Waals surface area (Å²) in [4.78, 5) is 42.9. The number of carbonyl (C=O) groups excluding carboxylic acids is 3. The molecular weight excluding hydrogens is 380 g/mol. The van der Waals surface area contributed by atoms with E-state index in [0.29, 0.717) is 18.7 Å². The summed E-state index contributed by atoms with van der Waals surface area (Å²) in [5.41, 5.74) is 1.46. The van der Waals surface area contributed by atoms with E-state index in [0.717, 1.165) is 16.5 Å². The lowest BCUT2D eigenvalue weighted by molar-refractivity contribution is -0.121. The molecule has 0 spiro atoms. The molecule has 7 heteroatoms. The summed E-state index contributed by atoms with van der Waals surface area (Å²) in [5.74, 6) is -0.491. The van der Waals surface area contributed by atoms with Crippen molar-refractivity contribution in [2.75, 3.05) is 11.4 Å². The van der Waals surface area contributed by atoms with Gasteiger partial charge in [-0.05, 0) is 30.0 Å². The summed E-state index contributed by atoms with van der Waals surface area (Å²) in [6, 6.07) is 17.6. The number of urea groups is 1. The molecule has 1 atom stereocenters. The zero-order valence-electron chi connectivity index (χ0n) is 16.4. The van der Waals surface area contributed by atoms with Gasteiger partial charge >= 0.3 is 6.03 Å². The number of hydrogen-bond acceptors (Lipinski definition) is 4. The van der Waals surface area contributed by atoms with Gasteiger partial charge < -0.3 is 10.6 Å². The summed E-state index contributed by atoms with van der Waals surface area (Å²) in [6.45, 7) is 0.475. The van der Waals surface area contributed by atoms with E-state index in [1.54, 1.807) is 12.3 Å². The Kier molecular flexibility index (Phi) is 5.70. The first-order valence-electron chi connectivity index (χ1n) is 9.92. The van der Waals surface area contributed by atoms with Crippen LogP contribution in [0.2, 0.25) is 0 Å². The quantitative estimate of drug-likeness (QED) is 0.595. The molecule has 1 fully saturated rings. The van der Waals surface area contributed by atoms with E-state index < -0.39 is 12.1 Å². The third kappa shape index (κ3) is 4.15. The highest BCUT2D eigenvalue weighted by Crippen LogP contribution is 2.29. The second kappa shape index (κ2) is 8.73. The van der Waals surface area contributed by atoms with E-state index in [1.807, 2.05) is 54.6 Å². The molecule has 2 N–H and O–H groups in total. The molecule has 1 aromatic heterocycles. The molecule has 0 unspecified atom stereocenters. The van der Waals surface area contributed by atoms with Gasteiger partial charge in [0, 0.05) is 36.7 Å². The van der Waals surface area contributed by atoms with Gasteiger partial charge in [-0.25, -0.2) is 9.69 Å². The fourth-order valence-corrected chi connectivity index (χ4v) is 3.60. The van der Waals surface area contributed by atoms with Crippen molar-refractivity contribution in [3.8, 4) is 0 Å². The summed E-state index contributed by atoms with van der Waals surface area (Å²) in [6.07, 6.45) is 2.76. The van der Waals surface area contributed by atoms with Crippen molar-refractivity contribution in [1.29, 1.82) is 0 Å². The Morgan fingerprint density at radius 1 is 1.03 bits per heavy atom. The van der Waals surface area contributed by atoms with Crippen LogP contribution in [0.3, 0.4) is 0 Å². The minimum absolute atomic E-state index is 0.155. The van der Waals surface area contributed by atoms with Crippen LogP contribution in [0.15, 0.2) is 66.9 Å². The topological polar surface area (TPSA) is 91.4 Å². The van der Waals surface area contributed by atoms with Gasteiger partial charge in [-0.1, -0.05) is 42.5 Å². The first-order valence-corrected chi connectivity index (χ1v) is 9.92. The predicted molar refractivity (Wildman–Crippen MR) is 114 cm³/mol. The summed E-state index contributed by atoms with van der Waals surface area (Å²) in [7, 11) is 0. The van der Waals surface area contributed by atoms with E-state index in [-0.39, 0.29) is 24.7 Å². The van der Waals surface area contributed by atoms with Gasteiger partial charge in [-0.15, -0.1) is 0 Å². The number of anilines is 1. The molecule has 0 bridgehead atoms. The largest absolute Gasteiger partial charge is 0.356 e. The molecule has 2 heterocycles. The lowest BCUT2D eigenvalue weighted by Crippen LogP contribution is -2.33. The lowest BCUT2D eigenvalue weighted by Gasteiger charge is -2.15. The van der Waals surface area contributed by atoms with Gasteiger partial charge in [0.25, 0.3) is 5.91 Å². The zero-order valence-corrected chi connectivity index (χ0v) is 16.4. The number of carbonyl (C=O) groups is 3. The van der Waals surface area contributed by atoms with Gasteiger partial charge in [0.05, 0.1) is 5.69 Å². The van der Waals surface area contributed by atoms with E-state index in [9.17, 15) is 14.4 Å². The number of nitrogens with zero attached hydrogens (tertiary/aromatic N) is 2. The molecule has 1 saturated heterocycles. The fourth-order valence-electron chi connectivity index (χ4n) is 3.60. The van der Waals surface area contributed by atoms with Crippen molar-refractivity contribution in [2.24, 2.45) is 0 Å². The van der Waals surface area contributed by atoms with Gasteiger partial charge in [0.2, 0.25) is 5.91 Å². The average Bonchev–Trinajstić information content (AvgIpc) is 3.05. The Morgan fingerprint density at radius 3 is 2.67 bits per heavy atom. The minimum atomic E-state index is -0.710. The first-order chi connectivity index (χ1) is 14.6. The summed E-state index contributed by atoms with van der Waals surface area (Å²) in [5, 5.41) is 7.31. The Balaban J connectivity index is 1.34. The summed E-state index contributed by atoms with van der Waals surface area (Å²) < 4.78 is 0. The Labute approximate surface area is 174 Å². The molecule has 30 heavy (non-hydrogen) atoms. The van der Waals surface area contributed by atoms with Gasteiger partial charge in [0.15, 0.2) is 0 Å². The van der Waals surface area contributed by atoms with E-state index in [1.165, 1.54) is 4.90 Å². The number of fused-ring (bicyclic) bond motifs is 1. The first kappa shape index (κ1) is 19.6. The van der Waals surface area contributed by atoms with Crippen LogP contribution >= 0.6 is 0 Å². The van der Waals surface area contributed by atoms with Crippen molar-refractivity contribution in [2.45, 2.75) is 25.3 Å². The smallest absolute Gasteiger partial charge is 0.329 e. The standard InChI is InChI=1S/C23H22N4O3/c28-21(25-15-13-17-8-3-4-14-24-17)12-11-19-22(29)27(23(30)26-19)20-10-5-7-16-6-1-2-9-18(16)20/h1-10,14,19H,11-13,15H2,(H,25,28)(H,26,30)/t19-/m1/s1. The second-order valence-corrected chi connectivity index (χ2v) is 7.13. The lowest BCUT2D eigenvalue weighted by atomic mass is 10.1. The summed E-state index contributed by atoms with van der Waals surface area (Å²) >= 11 is 0. The fraction of sp³-hybridized carbons (Fsp3) is 0.217. The molecule has 0 aliphatic carbocycles. The monoisotopic (exact) mass is 402 g/mol. The molecule has 1 aliphatic rings. The predicted octanol–water partition coefficient (Wildman–Crippen LogP) is 2.80. The van der Waals surface area contributed by atoms with Crippen molar-refractivity contribution in [3.63, 3.8) is 0 Å². The molecule has 7 nitrogen and oxygen atoms in total. The number of aromatic nitrogens is 1. The molecule has 3 aromatic rings. The van der Waals surface area contributed by atoms with Crippen LogP contribution in [0, 0.1) is 0 Å². The maximum absolute atomic E-state index is 12.9. The third-order valence-corrected chi connectivity index (χ3v) is 5.12. The van der Waals surface area contributed by atoms with E-state index in [4.69, 9.17) is 0 Å². The van der Waals surface area contributed by atoms with Crippen LogP contribution in [-0.2, 0) is 16.0 Å². The van der Waals surface area contributed by atoms with Crippen molar-refractivity contribution >= 4 is 34.3 Å². The average molecular weight is 402 g/mol. The van der Waals surface area contributed by atoms with Crippen LogP contribution in [0.1, 0.15) is 18.5 Å². The maximum atomic E-state index is 12.9. The van der Waals surface area contributed by atoms with Gasteiger partial charge in [-0.3, -0.25) is 14.6 Å². The van der Waals surface area contributed by atoms with Gasteiger partial charge in [-0.2, -0.15) is 0 Å². The van der Waals surface area contributed by atoms with Crippen LogP contribution in [0.4, 0.5) is 10.5 Å². The normalized spacial score (nSPS) is 16.0. The Bertz CT molecular complexity index is 1080.